The van der Waals surface area contributed by atoms with Crippen LogP contribution in [-0.4, -0.2) is 41.4 Å². The van der Waals surface area contributed by atoms with Gasteiger partial charge in [0.15, 0.2) is 5.43 Å². The van der Waals surface area contributed by atoms with E-state index in [0.29, 0.717) is 46.7 Å². The Morgan fingerprint density at radius 3 is 2.39 bits per heavy atom. The van der Waals surface area contributed by atoms with Crippen LogP contribution >= 0.6 is 0 Å². The molecule has 0 saturated carbocycles. The summed E-state index contributed by atoms with van der Waals surface area (Å²) in [7, 11) is 0. The number of carbonyl (C=O) groups is 2. The lowest BCUT2D eigenvalue weighted by Crippen LogP contribution is -2.45. The van der Waals surface area contributed by atoms with Gasteiger partial charge in [0.05, 0.1) is 36.1 Å². The highest BCUT2D eigenvalue weighted by atomic mass is 19.1. The summed E-state index contributed by atoms with van der Waals surface area (Å²) in [6.45, 7) is 6.34. The highest BCUT2D eigenvalue weighted by Crippen LogP contribution is 2.24. The predicted molar refractivity (Wildman–Crippen MR) is 156 cm³/mol. The third kappa shape index (κ3) is 7.72. The van der Waals surface area contributed by atoms with E-state index < -0.39 is 11.8 Å². The van der Waals surface area contributed by atoms with Gasteiger partial charge >= 0.3 is 6.03 Å². The van der Waals surface area contributed by atoms with Crippen molar-refractivity contribution >= 4 is 28.6 Å². The molecule has 3 amide bonds. The Kier molecular flexibility index (Phi) is 9.73. The molecule has 8 nitrogen and oxygen atoms in total. The Morgan fingerprint density at radius 2 is 1.66 bits per heavy atom. The summed E-state index contributed by atoms with van der Waals surface area (Å²) in [6.07, 6.45) is 1.36. The van der Waals surface area contributed by atoms with Crippen LogP contribution in [0.3, 0.4) is 0 Å². The van der Waals surface area contributed by atoms with Gasteiger partial charge in [-0.2, -0.15) is 0 Å². The molecule has 0 unspecified atom stereocenters. The minimum Gasteiger partial charge on any atom is -0.492 e. The van der Waals surface area contributed by atoms with E-state index in [-0.39, 0.29) is 36.9 Å². The smallest absolute Gasteiger partial charge is 0.322 e. The van der Waals surface area contributed by atoms with Crippen molar-refractivity contribution in [3.05, 3.63) is 106 Å². The first-order valence-electron chi connectivity index (χ1n) is 13.5. The lowest BCUT2D eigenvalue weighted by atomic mass is 10.1. The minimum atomic E-state index is -0.453. The molecule has 1 N–H and O–H groups in total. The normalized spacial score (nSPS) is 11.0. The number of hydrogen-bond donors (Lipinski definition) is 1. The van der Waals surface area contributed by atoms with Gasteiger partial charge in [0.2, 0.25) is 5.91 Å². The van der Waals surface area contributed by atoms with E-state index in [4.69, 9.17) is 9.15 Å². The lowest BCUT2D eigenvalue weighted by molar-refractivity contribution is -0.133. The number of rotatable bonds is 11. The summed E-state index contributed by atoms with van der Waals surface area (Å²) >= 11 is 0. The van der Waals surface area contributed by atoms with Crippen LogP contribution in [0.5, 0.6) is 5.75 Å². The summed E-state index contributed by atoms with van der Waals surface area (Å²) in [5.41, 5.74) is 1.68. The standard InChI is InChI=1S/C32H34FN3O5/c1-4-40-29-12-8-6-10-27(29)34-32(39)36(17-22(2)3)20-30(37)35(18-23-13-15-25(33)16-14-23)19-24-21-41-28-11-7-5-9-26(28)31(24)38/h5-16,21-22H,4,17-20H2,1-3H3,(H,34,39). The van der Waals surface area contributed by atoms with Crippen LogP contribution in [0.15, 0.2) is 88.3 Å². The van der Waals surface area contributed by atoms with Crippen LogP contribution in [0.1, 0.15) is 31.9 Å². The van der Waals surface area contributed by atoms with Crippen molar-refractivity contribution in [3.8, 4) is 5.75 Å². The van der Waals surface area contributed by atoms with Gasteiger partial charge in [-0.15, -0.1) is 0 Å². The molecular formula is C32H34FN3O5. The topological polar surface area (TPSA) is 92.1 Å². The van der Waals surface area contributed by atoms with Gasteiger partial charge in [0.25, 0.3) is 0 Å². The number of nitrogens with one attached hydrogen (secondary N) is 1. The molecule has 1 heterocycles. The van der Waals surface area contributed by atoms with Gasteiger partial charge in [-0.25, -0.2) is 9.18 Å². The molecule has 0 fully saturated rings. The van der Waals surface area contributed by atoms with E-state index in [9.17, 15) is 18.8 Å². The van der Waals surface area contributed by atoms with Crippen molar-refractivity contribution in [2.24, 2.45) is 5.92 Å². The second kappa shape index (κ2) is 13.6. The summed E-state index contributed by atoms with van der Waals surface area (Å²) in [6, 6.07) is 19.3. The first-order valence-corrected chi connectivity index (χ1v) is 13.5. The van der Waals surface area contributed by atoms with Crippen LogP contribution in [-0.2, 0) is 17.9 Å². The average Bonchev–Trinajstić information content (AvgIpc) is 2.95. The zero-order valence-electron chi connectivity index (χ0n) is 23.4. The summed E-state index contributed by atoms with van der Waals surface area (Å²) in [4.78, 5) is 43.3. The van der Waals surface area contributed by atoms with Gasteiger partial charge < -0.3 is 24.3 Å². The quantitative estimate of drug-likeness (QED) is 0.242. The van der Waals surface area contributed by atoms with Gasteiger partial charge in [-0.3, -0.25) is 9.59 Å². The molecule has 0 aliphatic carbocycles. The lowest BCUT2D eigenvalue weighted by Gasteiger charge is -2.29. The second-order valence-electron chi connectivity index (χ2n) is 10.1. The van der Waals surface area contributed by atoms with Gasteiger partial charge in [-0.1, -0.05) is 50.2 Å². The number of para-hydroxylation sites is 3. The Morgan fingerprint density at radius 1 is 0.951 bits per heavy atom. The van der Waals surface area contributed by atoms with Gasteiger partial charge in [0, 0.05) is 13.1 Å². The minimum absolute atomic E-state index is 0.0479. The highest BCUT2D eigenvalue weighted by Gasteiger charge is 2.24. The number of halogens is 1. The number of carbonyl (C=O) groups excluding carboxylic acids is 2. The van der Waals surface area contributed by atoms with Gasteiger partial charge in [0.1, 0.15) is 23.7 Å². The first-order chi connectivity index (χ1) is 19.7. The second-order valence-corrected chi connectivity index (χ2v) is 10.1. The number of fused-ring (bicyclic) bond motifs is 1. The number of urea groups is 1. The number of nitrogens with zero attached hydrogens (tertiary/aromatic N) is 2. The Bertz CT molecular complexity index is 1550. The van der Waals surface area contributed by atoms with Crippen molar-refractivity contribution in [3.63, 3.8) is 0 Å². The summed E-state index contributed by atoms with van der Waals surface area (Å²) in [5, 5.41) is 3.27. The van der Waals surface area contributed by atoms with E-state index in [2.05, 4.69) is 5.32 Å². The average molecular weight is 560 g/mol. The number of ether oxygens (including phenoxy) is 1. The molecule has 41 heavy (non-hydrogen) atoms. The van der Waals surface area contributed by atoms with Crippen molar-refractivity contribution in [1.82, 2.24) is 9.80 Å². The monoisotopic (exact) mass is 559 g/mol. The molecule has 1 aromatic heterocycles. The summed E-state index contributed by atoms with van der Waals surface area (Å²) < 4.78 is 24.9. The highest BCUT2D eigenvalue weighted by molar-refractivity contribution is 5.93. The fourth-order valence-electron chi connectivity index (χ4n) is 4.44. The van der Waals surface area contributed by atoms with Crippen LogP contribution in [0.4, 0.5) is 14.9 Å². The third-order valence-electron chi connectivity index (χ3n) is 6.38. The predicted octanol–water partition coefficient (Wildman–Crippen LogP) is 6.05. The molecule has 9 heteroatoms. The maximum absolute atomic E-state index is 13.8. The van der Waals surface area contributed by atoms with E-state index in [1.807, 2.05) is 26.8 Å². The molecule has 0 radical (unpaired) electrons. The summed E-state index contributed by atoms with van der Waals surface area (Å²) in [5.74, 6) is -0.168. The molecule has 4 aromatic rings. The van der Waals surface area contributed by atoms with Gasteiger partial charge in [-0.05, 0) is 54.8 Å². The van der Waals surface area contributed by atoms with E-state index in [0.717, 1.165) is 0 Å². The maximum atomic E-state index is 13.8. The van der Waals surface area contributed by atoms with E-state index in [1.54, 1.807) is 54.6 Å². The fourth-order valence-corrected chi connectivity index (χ4v) is 4.44. The Hall–Kier alpha value is -4.66. The van der Waals surface area contributed by atoms with Crippen LogP contribution in [0.2, 0.25) is 0 Å². The molecule has 0 aliphatic rings. The first kappa shape index (κ1) is 29.3. The molecule has 0 spiro atoms. The molecule has 4 rings (SSSR count). The van der Waals surface area contributed by atoms with Crippen LogP contribution in [0, 0.1) is 11.7 Å². The Labute approximate surface area is 238 Å². The maximum Gasteiger partial charge on any atom is 0.322 e. The molecule has 214 valence electrons. The molecule has 0 bridgehead atoms. The number of amides is 3. The SMILES string of the molecule is CCOc1ccccc1NC(=O)N(CC(=O)N(Cc1ccc(F)cc1)Cc1coc2ccccc2c1=O)CC(C)C. The van der Waals surface area contributed by atoms with Crippen molar-refractivity contribution in [2.75, 3.05) is 25.0 Å². The fraction of sp³-hybridized carbons (Fsp3) is 0.281. The molecule has 0 atom stereocenters. The zero-order chi connectivity index (χ0) is 29.4. The van der Waals surface area contributed by atoms with Crippen molar-refractivity contribution < 1.29 is 23.1 Å². The largest absolute Gasteiger partial charge is 0.492 e. The van der Waals surface area contributed by atoms with E-state index in [1.165, 1.54) is 28.2 Å². The molecule has 3 aromatic carbocycles. The molecular weight excluding hydrogens is 525 g/mol. The molecule has 0 saturated heterocycles. The number of hydrogen-bond acceptors (Lipinski definition) is 5. The van der Waals surface area contributed by atoms with Crippen LogP contribution < -0.4 is 15.5 Å². The van der Waals surface area contributed by atoms with Crippen molar-refractivity contribution in [2.45, 2.75) is 33.9 Å². The number of benzene rings is 3. The number of anilines is 1. The zero-order valence-corrected chi connectivity index (χ0v) is 23.4. The van der Waals surface area contributed by atoms with Crippen LogP contribution in [0.25, 0.3) is 11.0 Å². The van der Waals surface area contributed by atoms with Crippen molar-refractivity contribution in [1.29, 1.82) is 0 Å². The van der Waals surface area contributed by atoms with E-state index >= 15 is 0 Å². The molecule has 0 aliphatic heterocycles. The Balaban J connectivity index is 1.60. The third-order valence-corrected chi connectivity index (χ3v) is 6.38.